The van der Waals surface area contributed by atoms with Crippen LogP contribution in [0.5, 0.6) is 0 Å². The molecule has 0 saturated heterocycles. The van der Waals surface area contributed by atoms with Gasteiger partial charge in [0.2, 0.25) is 5.91 Å². The van der Waals surface area contributed by atoms with Gasteiger partial charge in [-0.2, -0.15) is 0 Å². The van der Waals surface area contributed by atoms with Crippen LogP contribution in [0.2, 0.25) is 0 Å². The van der Waals surface area contributed by atoms with Crippen molar-refractivity contribution in [1.82, 2.24) is 5.32 Å². The number of amides is 1. The molecule has 1 amide bonds. The summed E-state index contributed by atoms with van der Waals surface area (Å²) < 4.78 is 0. The van der Waals surface area contributed by atoms with Gasteiger partial charge in [-0.3, -0.25) is 9.59 Å². The Morgan fingerprint density at radius 1 is 1.38 bits per heavy atom. The molecule has 0 radical (unpaired) electrons. The van der Waals surface area contributed by atoms with Crippen molar-refractivity contribution in [2.45, 2.75) is 39.7 Å². The molecule has 4 N–H and O–H groups in total. The van der Waals surface area contributed by atoms with Crippen LogP contribution in [-0.4, -0.2) is 29.6 Å². The number of aliphatic carboxylic acids is 1. The summed E-state index contributed by atoms with van der Waals surface area (Å²) in [5.41, 5.74) is 5.20. The first-order valence-corrected chi connectivity index (χ1v) is 5.63. The van der Waals surface area contributed by atoms with Crippen molar-refractivity contribution in [1.29, 1.82) is 0 Å². The summed E-state index contributed by atoms with van der Waals surface area (Å²) in [7, 11) is 0. The van der Waals surface area contributed by atoms with Crippen molar-refractivity contribution in [2.24, 2.45) is 17.6 Å². The second-order valence-electron chi connectivity index (χ2n) is 4.22. The molecule has 94 valence electrons. The lowest BCUT2D eigenvalue weighted by molar-refractivity contribution is -0.138. The smallest absolute Gasteiger partial charge is 0.305 e. The summed E-state index contributed by atoms with van der Waals surface area (Å²) in [6, 6.07) is -0.344. The van der Waals surface area contributed by atoms with Gasteiger partial charge in [-0.25, -0.2) is 0 Å². The van der Waals surface area contributed by atoms with Gasteiger partial charge in [0.1, 0.15) is 0 Å². The summed E-state index contributed by atoms with van der Waals surface area (Å²) in [6.45, 7) is 5.94. The molecule has 0 aliphatic heterocycles. The zero-order valence-corrected chi connectivity index (χ0v) is 10.2. The minimum absolute atomic E-state index is 0.0583. The van der Waals surface area contributed by atoms with Gasteiger partial charge in [-0.05, 0) is 11.8 Å². The lowest BCUT2D eigenvalue weighted by Gasteiger charge is -2.28. The predicted molar refractivity (Wildman–Crippen MR) is 61.9 cm³/mol. The molecule has 3 atom stereocenters. The van der Waals surface area contributed by atoms with E-state index in [0.717, 1.165) is 6.42 Å². The number of nitrogens with one attached hydrogen (secondary N) is 1. The zero-order valence-electron chi connectivity index (χ0n) is 10.2. The SMILES string of the molecule is CCC(C)C(C)[C@@H](CC(=O)O)NC(=O)CN. The molecular formula is C11H22N2O3. The molecule has 0 aromatic rings. The van der Waals surface area contributed by atoms with Crippen LogP contribution in [0.25, 0.3) is 0 Å². The van der Waals surface area contributed by atoms with E-state index in [9.17, 15) is 9.59 Å². The number of carbonyl (C=O) groups excluding carboxylic acids is 1. The number of carboxylic acids is 1. The van der Waals surface area contributed by atoms with Crippen LogP contribution < -0.4 is 11.1 Å². The van der Waals surface area contributed by atoms with E-state index < -0.39 is 5.97 Å². The molecule has 0 aliphatic rings. The highest BCUT2D eigenvalue weighted by Gasteiger charge is 2.25. The van der Waals surface area contributed by atoms with Crippen LogP contribution in [0.4, 0.5) is 0 Å². The van der Waals surface area contributed by atoms with Crippen LogP contribution in [0.15, 0.2) is 0 Å². The molecule has 0 aliphatic carbocycles. The summed E-state index contributed by atoms with van der Waals surface area (Å²) in [6.07, 6.45) is 0.896. The Hall–Kier alpha value is -1.10. The third-order valence-corrected chi connectivity index (χ3v) is 3.10. The maximum absolute atomic E-state index is 11.2. The highest BCUT2D eigenvalue weighted by atomic mass is 16.4. The van der Waals surface area contributed by atoms with Crippen LogP contribution >= 0.6 is 0 Å². The van der Waals surface area contributed by atoms with Gasteiger partial charge in [0.05, 0.1) is 13.0 Å². The monoisotopic (exact) mass is 230 g/mol. The van der Waals surface area contributed by atoms with Crippen molar-refractivity contribution in [3.63, 3.8) is 0 Å². The molecule has 16 heavy (non-hydrogen) atoms. The first-order chi connectivity index (χ1) is 7.42. The fraction of sp³-hybridized carbons (Fsp3) is 0.818. The van der Waals surface area contributed by atoms with Gasteiger partial charge < -0.3 is 16.2 Å². The Kier molecular flexibility index (Phi) is 6.72. The van der Waals surface area contributed by atoms with Gasteiger partial charge in [-0.1, -0.05) is 27.2 Å². The molecule has 5 heteroatoms. The third-order valence-electron chi connectivity index (χ3n) is 3.10. The van der Waals surface area contributed by atoms with Gasteiger partial charge >= 0.3 is 5.97 Å². The largest absolute Gasteiger partial charge is 0.481 e. The molecule has 2 unspecified atom stereocenters. The Morgan fingerprint density at radius 2 is 1.94 bits per heavy atom. The second-order valence-corrected chi connectivity index (χ2v) is 4.22. The standard InChI is InChI=1S/C11H22N2O3/c1-4-7(2)8(3)9(5-11(15)16)13-10(14)6-12/h7-9H,4-6,12H2,1-3H3,(H,13,14)(H,15,16)/t7?,8?,9-/m1/s1. The number of hydrogen-bond donors (Lipinski definition) is 3. The Balaban J connectivity index is 4.52. The summed E-state index contributed by atoms with van der Waals surface area (Å²) in [5.74, 6) is -0.724. The van der Waals surface area contributed by atoms with Crippen molar-refractivity contribution in [3.05, 3.63) is 0 Å². The molecule has 0 spiro atoms. The van der Waals surface area contributed by atoms with Crippen LogP contribution in [-0.2, 0) is 9.59 Å². The molecular weight excluding hydrogens is 208 g/mol. The average Bonchev–Trinajstić information content (AvgIpc) is 2.25. The van der Waals surface area contributed by atoms with E-state index in [2.05, 4.69) is 5.32 Å². The van der Waals surface area contributed by atoms with Gasteiger partial charge in [-0.15, -0.1) is 0 Å². The highest BCUT2D eigenvalue weighted by molar-refractivity contribution is 5.79. The maximum atomic E-state index is 11.2. The summed E-state index contributed by atoms with van der Waals surface area (Å²) in [4.78, 5) is 21.9. The first kappa shape index (κ1) is 14.9. The molecule has 0 aromatic carbocycles. The van der Waals surface area contributed by atoms with E-state index in [1.807, 2.05) is 20.8 Å². The van der Waals surface area contributed by atoms with Gasteiger partial charge in [0.25, 0.3) is 0 Å². The quantitative estimate of drug-likeness (QED) is 0.596. The lowest BCUT2D eigenvalue weighted by atomic mass is 9.85. The number of carboxylic acid groups (broad SMARTS) is 1. The molecule has 5 nitrogen and oxygen atoms in total. The van der Waals surface area contributed by atoms with Crippen LogP contribution in [0, 0.1) is 11.8 Å². The highest BCUT2D eigenvalue weighted by Crippen LogP contribution is 2.20. The van der Waals surface area contributed by atoms with E-state index in [4.69, 9.17) is 10.8 Å². The zero-order chi connectivity index (χ0) is 12.7. The second kappa shape index (κ2) is 7.22. The number of rotatable bonds is 7. The fourth-order valence-corrected chi connectivity index (χ4v) is 1.59. The molecule has 0 rings (SSSR count). The number of hydrogen-bond acceptors (Lipinski definition) is 3. The molecule has 0 aromatic heterocycles. The van der Waals surface area contributed by atoms with Crippen molar-refractivity contribution < 1.29 is 14.7 Å². The van der Waals surface area contributed by atoms with Crippen molar-refractivity contribution >= 4 is 11.9 Å². The Labute approximate surface area is 96.4 Å². The first-order valence-electron chi connectivity index (χ1n) is 5.63. The van der Waals surface area contributed by atoms with E-state index in [0.29, 0.717) is 5.92 Å². The maximum Gasteiger partial charge on any atom is 0.305 e. The van der Waals surface area contributed by atoms with E-state index in [-0.39, 0.29) is 30.8 Å². The minimum atomic E-state index is -0.905. The van der Waals surface area contributed by atoms with E-state index >= 15 is 0 Å². The molecule has 0 heterocycles. The van der Waals surface area contributed by atoms with E-state index in [1.165, 1.54) is 0 Å². The Bertz CT molecular complexity index is 243. The molecule has 0 saturated carbocycles. The minimum Gasteiger partial charge on any atom is -0.481 e. The lowest BCUT2D eigenvalue weighted by Crippen LogP contribution is -2.45. The third kappa shape index (κ3) is 5.11. The summed E-state index contributed by atoms with van der Waals surface area (Å²) >= 11 is 0. The van der Waals surface area contributed by atoms with Crippen molar-refractivity contribution in [3.8, 4) is 0 Å². The van der Waals surface area contributed by atoms with E-state index in [1.54, 1.807) is 0 Å². The van der Waals surface area contributed by atoms with Gasteiger partial charge in [0.15, 0.2) is 0 Å². The average molecular weight is 230 g/mol. The van der Waals surface area contributed by atoms with Crippen molar-refractivity contribution in [2.75, 3.05) is 6.54 Å². The normalized spacial score (nSPS) is 16.2. The fourth-order valence-electron chi connectivity index (χ4n) is 1.59. The summed E-state index contributed by atoms with van der Waals surface area (Å²) in [5, 5.41) is 11.5. The molecule has 0 fully saturated rings. The number of nitrogens with two attached hydrogens (primary N) is 1. The Morgan fingerprint density at radius 3 is 2.31 bits per heavy atom. The number of carbonyl (C=O) groups is 2. The van der Waals surface area contributed by atoms with Crippen LogP contribution in [0.1, 0.15) is 33.6 Å². The van der Waals surface area contributed by atoms with Crippen LogP contribution in [0.3, 0.4) is 0 Å². The molecule has 0 bridgehead atoms. The van der Waals surface area contributed by atoms with Gasteiger partial charge in [0, 0.05) is 6.04 Å². The predicted octanol–water partition coefficient (Wildman–Crippen LogP) is 0.587. The topological polar surface area (TPSA) is 92.4 Å².